The maximum Gasteiger partial charge on any atom is 0.131 e. The largest absolute Gasteiger partial charge is 0.325 e. The molecule has 2 aromatic rings. The predicted octanol–water partition coefficient (Wildman–Crippen LogP) is 2.22. The van der Waals surface area contributed by atoms with Crippen LogP contribution in [0.4, 0.5) is 11.6 Å². The van der Waals surface area contributed by atoms with E-state index in [1.807, 2.05) is 36.4 Å². The van der Waals surface area contributed by atoms with Crippen LogP contribution in [-0.4, -0.2) is 9.97 Å². The molecule has 1 N–H and O–H groups in total. The molecule has 0 bridgehead atoms. The Bertz CT molecular complexity index is 326. The van der Waals surface area contributed by atoms with Crippen molar-refractivity contribution in [2.24, 2.45) is 0 Å². The Morgan fingerprint density at radius 1 is 0.786 bits per heavy atom. The van der Waals surface area contributed by atoms with Crippen LogP contribution < -0.4 is 5.32 Å². The van der Waals surface area contributed by atoms with Crippen LogP contribution in [0.15, 0.2) is 48.8 Å². The van der Waals surface area contributed by atoms with E-state index < -0.39 is 0 Å². The number of nitrogens with one attached hydrogen (secondary N) is 1. The molecule has 0 fully saturated rings. The van der Waals surface area contributed by atoms with Crippen LogP contribution >= 0.6 is 0 Å². The fourth-order valence-electron chi connectivity index (χ4n) is 1.00. The number of anilines is 2. The van der Waals surface area contributed by atoms with Crippen molar-refractivity contribution in [2.45, 2.75) is 0 Å². The third-order valence-corrected chi connectivity index (χ3v) is 1.59. The standard InChI is InChI=1S/C10H9N3.Co/c1-3-7-11-9(5-1)13-10-6-2-4-8-12-10;/h1-8H,(H,11,12,13);. The molecule has 0 spiro atoms. The van der Waals surface area contributed by atoms with E-state index in [9.17, 15) is 0 Å². The van der Waals surface area contributed by atoms with Crippen LogP contribution in [0, 0.1) is 0 Å². The van der Waals surface area contributed by atoms with Crippen LogP contribution in [0.1, 0.15) is 0 Å². The van der Waals surface area contributed by atoms with E-state index in [1.54, 1.807) is 12.4 Å². The molecule has 73 valence electrons. The van der Waals surface area contributed by atoms with Crippen molar-refractivity contribution in [3.8, 4) is 0 Å². The molecule has 0 unspecified atom stereocenters. The van der Waals surface area contributed by atoms with Crippen LogP contribution in [0.2, 0.25) is 0 Å². The van der Waals surface area contributed by atoms with Crippen LogP contribution in [-0.2, 0) is 16.8 Å². The van der Waals surface area contributed by atoms with Crippen molar-refractivity contribution < 1.29 is 16.8 Å². The molecule has 3 nitrogen and oxygen atoms in total. The molecule has 0 aliphatic rings. The monoisotopic (exact) mass is 230 g/mol. The van der Waals surface area contributed by atoms with Crippen LogP contribution in [0.25, 0.3) is 0 Å². The molecule has 0 aromatic carbocycles. The average molecular weight is 230 g/mol. The number of rotatable bonds is 2. The third kappa shape index (κ3) is 2.83. The number of aromatic nitrogens is 2. The molecule has 14 heavy (non-hydrogen) atoms. The molecule has 4 heteroatoms. The first-order valence-electron chi connectivity index (χ1n) is 4.04. The Morgan fingerprint density at radius 2 is 1.29 bits per heavy atom. The summed E-state index contributed by atoms with van der Waals surface area (Å²) in [6.45, 7) is 0. The van der Waals surface area contributed by atoms with Gasteiger partial charge in [0, 0.05) is 29.2 Å². The first-order chi connectivity index (χ1) is 6.45. The van der Waals surface area contributed by atoms with E-state index >= 15 is 0 Å². The van der Waals surface area contributed by atoms with Crippen LogP contribution in [0.5, 0.6) is 0 Å². The first-order valence-corrected chi connectivity index (χ1v) is 4.04. The van der Waals surface area contributed by atoms with Gasteiger partial charge in [-0.05, 0) is 24.3 Å². The van der Waals surface area contributed by atoms with E-state index in [2.05, 4.69) is 15.3 Å². The molecule has 2 heterocycles. The van der Waals surface area contributed by atoms with Gasteiger partial charge >= 0.3 is 0 Å². The second kappa shape index (κ2) is 5.36. The van der Waals surface area contributed by atoms with E-state index in [0.29, 0.717) is 0 Å². The van der Waals surface area contributed by atoms with Crippen molar-refractivity contribution in [3.63, 3.8) is 0 Å². The van der Waals surface area contributed by atoms with Crippen molar-refractivity contribution in [1.29, 1.82) is 0 Å². The normalized spacial score (nSPS) is 8.86. The van der Waals surface area contributed by atoms with Gasteiger partial charge in [-0.3, -0.25) is 0 Å². The Labute approximate surface area is 92.8 Å². The summed E-state index contributed by atoms with van der Waals surface area (Å²) in [6.07, 6.45) is 3.48. The minimum Gasteiger partial charge on any atom is -0.325 e. The molecule has 0 amide bonds. The topological polar surface area (TPSA) is 37.8 Å². The molecule has 0 atom stereocenters. The van der Waals surface area contributed by atoms with Gasteiger partial charge in [-0.25, -0.2) is 9.97 Å². The van der Waals surface area contributed by atoms with E-state index in [4.69, 9.17) is 0 Å². The Kier molecular flexibility index (Phi) is 4.09. The van der Waals surface area contributed by atoms with E-state index in [0.717, 1.165) is 11.6 Å². The van der Waals surface area contributed by atoms with Gasteiger partial charge in [0.2, 0.25) is 0 Å². The second-order valence-corrected chi connectivity index (χ2v) is 2.55. The zero-order valence-electron chi connectivity index (χ0n) is 7.35. The number of hydrogen-bond donors (Lipinski definition) is 1. The van der Waals surface area contributed by atoms with Crippen molar-refractivity contribution in [2.75, 3.05) is 5.32 Å². The third-order valence-electron chi connectivity index (χ3n) is 1.59. The summed E-state index contributed by atoms with van der Waals surface area (Å²) >= 11 is 0. The SMILES string of the molecule is [Co].c1ccc(Nc2ccccn2)nc1. The molecule has 2 aromatic heterocycles. The predicted molar refractivity (Wildman–Crippen MR) is 51.8 cm³/mol. The Balaban J connectivity index is 0.000000980. The smallest absolute Gasteiger partial charge is 0.131 e. The fourth-order valence-corrected chi connectivity index (χ4v) is 1.00. The minimum atomic E-state index is 0. The summed E-state index contributed by atoms with van der Waals surface area (Å²) in [7, 11) is 0. The molecule has 2 rings (SSSR count). The Hall–Kier alpha value is -1.39. The summed E-state index contributed by atoms with van der Waals surface area (Å²) in [5, 5.41) is 3.08. The summed E-state index contributed by atoms with van der Waals surface area (Å²) in [4.78, 5) is 8.25. The molecule has 0 aliphatic carbocycles. The van der Waals surface area contributed by atoms with Crippen molar-refractivity contribution >= 4 is 11.6 Å². The van der Waals surface area contributed by atoms with Gasteiger partial charge in [0.05, 0.1) is 0 Å². The molecule has 0 saturated heterocycles. The maximum absolute atomic E-state index is 4.12. The molecule has 0 saturated carbocycles. The summed E-state index contributed by atoms with van der Waals surface area (Å²) in [5.74, 6) is 1.61. The summed E-state index contributed by atoms with van der Waals surface area (Å²) in [6, 6.07) is 11.4. The quantitative estimate of drug-likeness (QED) is 0.859. The van der Waals surface area contributed by atoms with Crippen LogP contribution in [0.3, 0.4) is 0 Å². The molecule has 0 aliphatic heterocycles. The number of hydrogen-bond acceptors (Lipinski definition) is 3. The summed E-state index contributed by atoms with van der Waals surface area (Å²) < 4.78 is 0. The Morgan fingerprint density at radius 3 is 1.64 bits per heavy atom. The average Bonchev–Trinajstić information content (AvgIpc) is 2.21. The van der Waals surface area contributed by atoms with Crippen molar-refractivity contribution in [1.82, 2.24) is 9.97 Å². The number of nitrogens with zero attached hydrogens (tertiary/aromatic N) is 2. The first kappa shape index (κ1) is 10.7. The van der Waals surface area contributed by atoms with Gasteiger partial charge in [-0.2, -0.15) is 0 Å². The number of pyridine rings is 2. The molecular weight excluding hydrogens is 221 g/mol. The van der Waals surface area contributed by atoms with Gasteiger partial charge < -0.3 is 5.32 Å². The van der Waals surface area contributed by atoms with Gasteiger partial charge in [-0.15, -0.1) is 0 Å². The minimum absolute atomic E-state index is 0. The molecular formula is C10H9CoN3. The summed E-state index contributed by atoms with van der Waals surface area (Å²) in [5.41, 5.74) is 0. The van der Waals surface area contributed by atoms with Gasteiger partial charge in [0.1, 0.15) is 11.6 Å². The zero-order valence-corrected chi connectivity index (χ0v) is 8.39. The van der Waals surface area contributed by atoms with E-state index in [1.165, 1.54) is 0 Å². The van der Waals surface area contributed by atoms with Gasteiger partial charge in [0.15, 0.2) is 0 Å². The molecule has 1 radical (unpaired) electrons. The maximum atomic E-state index is 4.12. The van der Waals surface area contributed by atoms with Crippen molar-refractivity contribution in [3.05, 3.63) is 48.8 Å². The van der Waals surface area contributed by atoms with Gasteiger partial charge in [0.25, 0.3) is 0 Å². The fraction of sp³-hybridized carbons (Fsp3) is 0. The second-order valence-electron chi connectivity index (χ2n) is 2.55. The zero-order chi connectivity index (χ0) is 8.93. The van der Waals surface area contributed by atoms with E-state index in [-0.39, 0.29) is 16.8 Å². The van der Waals surface area contributed by atoms with Gasteiger partial charge in [-0.1, -0.05) is 12.1 Å².